The molecule has 1 N–H and O–H groups in total. The maximum atomic E-state index is 12.8. The molecule has 1 aromatic rings. The molecule has 6 nitrogen and oxygen atoms in total. The number of benzene rings is 1. The summed E-state index contributed by atoms with van der Waals surface area (Å²) in [7, 11) is 1.63. The minimum atomic E-state index is -0.915. The molecule has 2 rings (SSSR count). The minimum Gasteiger partial charge on any atom is -0.486 e. The van der Waals surface area contributed by atoms with Crippen LogP contribution in [0.4, 0.5) is 0 Å². The second-order valence-electron chi connectivity index (χ2n) is 6.41. The Hall–Kier alpha value is -2.24. The first-order chi connectivity index (χ1) is 10.7. The van der Waals surface area contributed by atoms with Crippen LogP contribution in [0.1, 0.15) is 26.3 Å². The number of carbonyl (C=O) groups excluding carboxylic acids is 1. The summed E-state index contributed by atoms with van der Waals surface area (Å²) in [6, 6.07) is 5.47. The van der Waals surface area contributed by atoms with Gasteiger partial charge in [-0.05, 0) is 31.5 Å². The van der Waals surface area contributed by atoms with Gasteiger partial charge in [-0.1, -0.05) is 13.0 Å². The van der Waals surface area contributed by atoms with Crippen LogP contribution in [0, 0.1) is 5.92 Å². The van der Waals surface area contributed by atoms with Crippen LogP contribution in [0.15, 0.2) is 18.2 Å². The Morgan fingerprint density at radius 2 is 1.87 bits per heavy atom. The number of carbonyl (C=O) groups is 2. The molecule has 6 heteroatoms. The molecular formula is C17H23NO5. The Kier molecular flexibility index (Phi) is 4.82. The van der Waals surface area contributed by atoms with Crippen LogP contribution in [-0.2, 0) is 15.0 Å². The lowest BCUT2D eigenvalue weighted by Crippen LogP contribution is -2.44. The Balaban J connectivity index is 2.19. The lowest BCUT2D eigenvalue weighted by molar-refractivity contribution is -0.143. The van der Waals surface area contributed by atoms with Gasteiger partial charge in [0.2, 0.25) is 5.91 Å². The molecule has 1 amide bonds. The van der Waals surface area contributed by atoms with Crippen molar-refractivity contribution in [3.63, 3.8) is 0 Å². The van der Waals surface area contributed by atoms with Gasteiger partial charge >= 0.3 is 5.97 Å². The van der Waals surface area contributed by atoms with Crippen molar-refractivity contribution in [1.29, 1.82) is 0 Å². The molecule has 0 saturated carbocycles. The molecule has 0 aromatic heterocycles. The number of hydrogen-bond acceptors (Lipinski definition) is 4. The summed E-state index contributed by atoms with van der Waals surface area (Å²) in [5.74, 6) is -0.351. The predicted molar refractivity (Wildman–Crippen MR) is 84.9 cm³/mol. The fourth-order valence-electron chi connectivity index (χ4n) is 2.60. The van der Waals surface area contributed by atoms with E-state index in [0.717, 1.165) is 5.56 Å². The second-order valence-corrected chi connectivity index (χ2v) is 6.41. The lowest BCUT2D eigenvalue weighted by atomic mass is 9.83. The van der Waals surface area contributed by atoms with E-state index in [1.54, 1.807) is 20.0 Å². The van der Waals surface area contributed by atoms with Crippen molar-refractivity contribution in [2.24, 2.45) is 5.92 Å². The van der Waals surface area contributed by atoms with Crippen LogP contribution < -0.4 is 9.47 Å². The molecule has 0 radical (unpaired) electrons. The van der Waals surface area contributed by atoms with Crippen LogP contribution in [0.2, 0.25) is 0 Å². The van der Waals surface area contributed by atoms with Crippen molar-refractivity contribution in [1.82, 2.24) is 4.90 Å². The molecule has 0 bridgehead atoms. The smallest absolute Gasteiger partial charge is 0.308 e. The molecular weight excluding hydrogens is 298 g/mol. The largest absolute Gasteiger partial charge is 0.486 e. The Bertz CT molecular complexity index is 611. The fourth-order valence-corrected chi connectivity index (χ4v) is 2.60. The molecule has 0 fully saturated rings. The van der Waals surface area contributed by atoms with E-state index in [1.165, 1.54) is 4.90 Å². The van der Waals surface area contributed by atoms with Crippen molar-refractivity contribution in [3.05, 3.63) is 23.8 Å². The first-order valence-electron chi connectivity index (χ1n) is 7.62. The van der Waals surface area contributed by atoms with Crippen LogP contribution in [0.5, 0.6) is 11.5 Å². The van der Waals surface area contributed by atoms with Crippen molar-refractivity contribution in [2.75, 3.05) is 26.8 Å². The normalized spacial score (nSPS) is 15.0. The Labute approximate surface area is 136 Å². The summed E-state index contributed by atoms with van der Waals surface area (Å²) in [5, 5.41) is 9.00. The maximum Gasteiger partial charge on any atom is 0.308 e. The van der Waals surface area contributed by atoms with Crippen LogP contribution >= 0.6 is 0 Å². The number of nitrogens with zero attached hydrogens (tertiary/aromatic N) is 1. The first kappa shape index (κ1) is 17.1. The third-order valence-electron chi connectivity index (χ3n) is 4.11. The monoisotopic (exact) mass is 321 g/mol. The van der Waals surface area contributed by atoms with Crippen LogP contribution in [-0.4, -0.2) is 48.7 Å². The van der Waals surface area contributed by atoms with E-state index in [2.05, 4.69) is 0 Å². The number of ether oxygens (including phenoxy) is 2. The number of likely N-dealkylation sites (N-methyl/N-ethyl adjacent to an activating group) is 1. The summed E-state index contributed by atoms with van der Waals surface area (Å²) in [5.41, 5.74) is 0.0181. The molecule has 0 saturated heterocycles. The summed E-state index contributed by atoms with van der Waals surface area (Å²) >= 11 is 0. The van der Waals surface area contributed by atoms with Gasteiger partial charge in [-0.25, -0.2) is 0 Å². The third-order valence-corrected chi connectivity index (χ3v) is 4.11. The lowest BCUT2D eigenvalue weighted by Gasteiger charge is -2.31. The van der Waals surface area contributed by atoms with E-state index in [4.69, 9.17) is 14.6 Å². The molecule has 1 atom stereocenters. The SMILES string of the molecule is CC(CN(C)C(=O)C(C)(C)c1ccc2c(c1)OCCO2)C(=O)O. The fraction of sp³-hybridized carbons (Fsp3) is 0.529. The van der Waals surface area contributed by atoms with E-state index in [0.29, 0.717) is 24.7 Å². The topological polar surface area (TPSA) is 76.1 Å². The second kappa shape index (κ2) is 6.48. The minimum absolute atomic E-state index is 0.137. The summed E-state index contributed by atoms with van der Waals surface area (Å²) in [6.07, 6.45) is 0. The number of carboxylic acid groups (broad SMARTS) is 1. The van der Waals surface area contributed by atoms with E-state index in [1.807, 2.05) is 26.0 Å². The van der Waals surface area contributed by atoms with Gasteiger partial charge < -0.3 is 19.5 Å². The number of fused-ring (bicyclic) bond motifs is 1. The highest BCUT2D eigenvalue weighted by Crippen LogP contribution is 2.35. The van der Waals surface area contributed by atoms with Gasteiger partial charge in [0, 0.05) is 13.6 Å². The average Bonchev–Trinajstić information content (AvgIpc) is 2.53. The summed E-state index contributed by atoms with van der Waals surface area (Å²) in [4.78, 5) is 25.2. The summed E-state index contributed by atoms with van der Waals surface area (Å²) in [6.45, 7) is 6.40. The third kappa shape index (κ3) is 3.57. The standard InChI is InChI=1S/C17H23NO5/c1-11(15(19)20)10-18(4)16(21)17(2,3)12-5-6-13-14(9-12)23-8-7-22-13/h5-6,9,11H,7-8,10H2,1-4H3,(H,19,20). The molecule has 23 heavy (non-hydrogen) atoms. The molecule has 126 valence electrons. The number of aliphatic carboxylic acids is 1. The van der Waals surface area contributed by atoms with Crippen molar-refractivity contribution >= 4 is 11.9 Å². The number of amides is 1. The van der Waals surface area contributed by atoms with Gasteiger partial charge in [-0.2, -0.15) is 0 Å². The first-order valence-corrected chi connectivity index (χ1v) is 7.62. The van der Waals surface area contributed by atoms with E-state index in [-0.39, 0.29) is 12.5 Å². The highest BCUT2D eigenvalue weighted by atomic mass is 16.6. The summed E-state index contributed by atoms with van der Waals surface area (Å²) < 4.78 is 11.1. The van der Waals surface area contributed by atoms with E-state index < -0.39 is 17.3 Å². The molecule has 1 aromatic carbocycles. The molecule has 1 aliphatic rings. The van der Waals surface area contributed by atoms with Crippen molar-refractivity contribution in [2.45, 2.75) is 26.2 Å². The Morgan fingerprint density at radius 1 is 1.26 bits per heavy atom. The molecule has 1 heterocycles. The van der Waals surface area contributed by atoms with Gasteiger partial charge in [0.15, 0.2) is 11.5 Å². The zero-order chi connectivity index (χ0) is 17.2. The maximum absolute atomic E-state index is 12.8. The zero-order valence-electron chi connectivity index (χ0n) is 14.0. The highest BCUT2D eigenvalue weighted by Gasteiger charge is 2.34. The van der Waals surface area contributed by atoms with Gasteiger partial charge in [-0.3, -0.25) is 9.59 Å². The average molecular weight is 321 g/mol. The van der Waals surface area contributed by atoms with Gasteiger partial charge in [0.1, 0.15) is 13.2 Å². The van der Waals surface area contributed by atoms with Crippen molar-refractivity contribution < 1.29 is 24.2 Å². The predicted octanol–water partition coefficient (Wildman–Crippen LogP) is 1.91. The number of hydrogen-bond donors (Lipinski definition) is 1. The van der Waals surface area contributed by atoms with Crippen LogP contribution in [0.25, 0.3) is 0 Å². The molecule has 0 spiro atoms. The van der Waals surface area contributed by atoms with Gasteiger partial charge in [0.05, 0.1) is 11.3 Å². The van der Waals surface area contributed by atoms with Gasteiger partial charge in [-0.15, -0.1) is 0 Å². The van der Waals surface area contributed by atoms with E-state index in [9.17, 15) is 9.59 Å². The quantitative estimate of drug-likeness (QED) is 0.896. The zero-order valence-corrected chi connectivity index (χ0v) is 14.0. The number of carboxylic acids is 1. The van der Waals surface area contributed by atoms with Crippen molar-refractivity contribution in [3.8, 4) is 11.5 Å². The van der Waals surface area contributed by atoms with E-state index >= 15 is 0 Å². The number of rotatable bonds is 5. The Morgan fingerprint density at radius 3 is 2.48 bits per heavy atom. The van der Waals surface area contributed by atoms with Gasteiger partial charge in [0.25, 0.3) is 0 Å². The molecule has 1 unspecified atom stereocenters. The molecule has 0 aliphatic carbocycles. The molecule has 1 aliphatic heterocycles. The highest BCUT2D eigenvalue weighted by molar-refractivity contribution is 5.87. The van der Waals surface area contributed by atoms with Crippen LogP contribution in [0.3, 0.4) is 0 Å².